The van der Waals surface area contributed by atoms with Crippen molar-refractivity contribution in [2.75, 3.05) is 0 Å². The van der Waals surface area contributed by atoms with Crippen molar-refractivity contribution in [3.05, 3.63) is 184 Å². The summed E-state index contributed by atoms with van der Waals surface area (Å²) in [5.74, 6) is 0. The zero-order chi connectivity index (χ0) is 31.5. The summed E-state index contributed by atoms with van der Waals surface area (Å²) in [6.07, 6.45) is 8.65. The number of furan rings is 1. The van der Waals surface area contributed by atoms with Crippen LogP contribution in [0.1, 0.15) is 60.1 Å². The fraction of sp³-hybridized carbons (Fsp3) is 0.111. The zero-order valence-electron chi connectivity index (χ0n) is 26.5. The standard InChI is InChI=1S/C45H33NO/c1-45(2)38-23-20-32(27-37(38)43-39(45)24-22-36-35-18-9-10-19-42(35)47-44(36)43)31-16-11-17-34(26-31)40-25-21-33(29-12-5-3-6-13-29)28-41(46-40)30-14-7-4-8-15-30/h3-19,22,24-28H,20,23H2,1-2H3. The number of nitrogens with zero attached hydrogens (tertiary/aromatic N) is 1. The molecule has 0 bridgehead atoms. The van der Waals surface area contributed by atoms with Crippen molar-refractivity contribution in [2.45, 2.75) is 32.1 Å². The van der Waals surface area contributed by atoms with Crippen LogP contribution in [0.5, 0.6) is 0 Å². The average Bonchev–Trinajstić information content (AvgIpc) is 3.49. The first-order chi connectivity index (χ1) is 23.0. The summed E-state index contributed by atoms with van der Waals surface area (Å²) >= 11 is 0. The Kier molecular flexibility index (Phi) is 6.28. The van der Waals surface area contributed by atoms with Gasteiger partial charge in [-0.2, -0.15) is 0 Å². The van der Waals surface area contributed by atoms with E-state index in [0.29, 0.717) is 0 Å². The van der Waals surface area contributed by atoms with Crippen molar-refractivity contribution in [3.63, 3.8) is 0 Å². The van der Waals surface area contributed by atoms with Gasteiger partial charge in [-0.3, -0.25) is 0 Å². The van der Waals surface area contributed by atoms with E-state index in [1.54, 1.807) is 0 Å². The molecule has 3 aliphatic rings. The summed E-state index contributed by atoms with van der Waals surface area (Å²) in [7, 11) is 0. The first kappa shape index (κ1) is 27.6. The van der Waals surface area contributed by atoms with Gasteiger partial charge >= 0.3 is 0 Å². The van der Waals surface area contributed by atoms with Gasteiger partial charge in [-0.05, 0) is 58.9 Å². The molecule has 0 saturated carbocycles. The minimum absolute atomic E-state index is 0.0372. The maximum atomic E-state index is 6.58. The molecule has 5 aromatic carbocycles. The van der Waals surface area contributed by atoms with Crippen LogP contribution in [0.3, 0.4) is 0 Å². The van der Waals surface area contributed by atoms with Crippen LogP contribution in [0.4, 0.5) is 0 Å². The van der Waals surface area contributed by atoms with E-state index in [-0.39, 0.29) is 5.41 Å². The lowest BCUT2D eigenvalue weighted by molar-refractivity contribution is 0.607. The van der Waals surface area contributed by atoms with E-state index in [1.165, 1.54) is 44.2 Å². The molecule has 47 heavy (non-hydrogen) atoms. The minimum Gasteiger partial charge on any atom is -0.455 e. The molecule has 1 aromatic heterocycles. The van der Waals surface area contributed by atoms with Crippen LogP contribution in [-0.4, -0.2) is 5.71 Å². The van der Waals surface area contributed by atoms with Crippen molar-refractivity contribution in [3.8, 4) is 0 Å². The van der Waals surface area contributed by atoms with Gasteiger partial charge in [-0.1, -0.05) is 135 Å². The van der Waals surface area contributed by atoms with E-state index in [4.69, 9.17) is 9.41 Å². The molecule has 0 amide bonds. The topological polar surface area (TPSA) is 25.5 Å². The minimum atomic E-state index is -0.0372. The van der Waals surface area contributed by atoms with Gasteiger partial charge in [0.2, 0.25) is 0 Å². The van der Waals surface area contributed by atoms with Crippen LogP contribution in [0, 0.1) is 0 Å². The summed E-state index contributed by atoms with van der Waals surface area (Å²) in [6.45, 7) is 4.74. The molecule has 0 unspecified atom stereocenters. The number of allylic oxidation sites excluding steroid dienone is 6. The Hall–Kier alpha value is -5.69. The number of hydrogen-bond donors (Lipinski definition) is 0. The first-order valence-electron chi connectivity index (χ1n) is 16.4. The van der Waals surface area contributed by atoms with Crippen molar-refractivity contribution in [1.82, 2.24) is 0 Å². The quantitative estimate of drug-likeness (QED) is 0.184. The number of benzene rings is 5. The molecule has 0 saturated heterocycles. The number of hydrogen-bond acceptors (Lipinski definition) is 2. The van der Waals surface area contributed by atoms with Crippen molar-refractivity contribution in [2.24, 2.45) is 4.99 Å². The molecular formula is C45H33NO. The highest BCUT2D eigenvalue weighted by Crippen LogP contribution is 2.54. The number of fused-ring (bicyclic) bond motifs is 6. The number of aliphatic imine (C=N–C) groups is 1. The Bertz CT molecular complexity index is 2440. The van der Waals surface area contributed by atoms with Crippen LogP contribution >= 0.6 is 0 Å². The van der Waals surface area contributed by atoms with Gasteiger partial charge < -0.3 is 4.42 Å². The second-order valence-electron chi connectivity index (χ2n) is 13.2. The SMILES string of the molecule is CC1(C)C2=C(C=C(c3cccc(C4=NC(c5ccccc5)=CC(c5ccccc5)=C=C4)c3)CC2)c2c1ccc1c2oc2ccccc21. The van der Waals surface area contributed by atoms with Gasteiger partial charge in [0.05, 0.1) is 11.4 Å². The predicted molar refractivity (Wildman–Crippen MR) is 196 cm³/mol. The molecule has 1 aliphatic heterocycles. The molecule has 2 heteroatoms. The highest BCUT2D eigenvalue weighted by molar-refractivity contribution is 6.14. The Morgan fingerprint density at radius 2 is 1.38 bits per heavy atom. The second kappa shape index (κ2) is 10.7. The second-order valence-corrected chi connectivity index (χ2v) is 13.2. The molecule has 0 fully saturated rings. The molecule has 0 atom stereocenters. The third-order valence-electron chi connectivity index (χ3n) is 10.1. The molecule has 2 nitrogen and oxygen atoms in total. The molecule has 0 N–H and O–H groups in total. The van der Waals surface area contributed by atoms with E-state index in [9.17, 15) is 0 Å². The summed E-state index contributed by atoms with van der Waals surface area (Å²) < 4.78 is 6.58. The number of para-hydroxylation sites is 1. The van der Waals surface area contributed by atoms with Crippen molar-refractivity contribution < 1.29 is 4.42 Å². The Labute approximate surface area is 275 Å². The maximum Gasteiger partial charge on any atom is 0.143 e. The van der Waals surface area contributed by atoms with Gasteiger partial charge in [0.25, 0.3) is 0 Å². The van der Waals surface area contributed by atoms with Gasteiger partial charge in [0.15, 0.2) is 0 Å². The first-order valence-corrected chi connectivity index (χ1v) is 16.4. The lowest BCUT2D eigenvalue weighted by atomic mass is 9.77. The Morgan fingerprint density at radius 1 is 0.660 bits per heavy atom. The Morgan fingerprint density at radius 3 is 2.21 bits per heavy atom. The molecule has 2 heterocycles. The molecule has 2 aliphatic carbocycles. The van der Waals surface area contributed by atoms with Crippen LogP contribution in [0.2, 0.25) is 0 Å². The third kappa shape index (κ3) is 4.53. The maximum absolute atomic E-state index is 6.58. The fourth-order valence-electron chi connectivity index (χ4n) is 7.65. The lowest BCUT2D eigenvalue weighted by Crippen LogP contribution is -2.18. The van der Waals surface area contributed by atoms with Crippen molar-refractivity contribution >= 4 is 50.1 Å². The van der Waals surface area contributed by atoms with Crippen LogP contribution < -0.4 is 0 Å². The largest absolute Gasteiger partial charge is 0.455 e. The third-order valence-corrected chi connectivity index (χ3v) is 10.1. The van der Waals surface area contributed by atoms with E-state index in [2.05, 4.69) is 141 Å². The highest BCUT2D eigenvalue weighted by atomic mass is 16.3. The fourth-order valence-corrected chi connectivity index (χ4v) is 7.65. The summed E-state index contributed by atoms with van der Waals surface area (Å²) in [6, 6.07) is 42.7. The predicted octanol–water partition coefficient (Wildman–Crippen LogP) is 11.6. The van der Waals surface area contributed by atoms with Gasteiger partial charge in [-0.25, -0.2) is 4.99 Å². The van der Waals surface area contributed by atoms with E-state index >= 15 is 0 Å². The number of rotatable bonds is 4. The monoisotopic (exact) mass is 603 g/mol. The average molecular weight is 604 g/mol. The van der Waals surface area contributed by atoms with E-state index < -0.39 is 0 Å². The van der Waals surface area contributed by atoms with E-state index in [0.717, 1.165) is 57.7 Å². The summed E-state index contributed by atoms with van der Waals surface area (Å²) in [4.78, 5) is 5.23. The highest BCUT2D eigenvalue weighted by Gasteiger charge is 2.40. The van der Waals surface area contributed by atoms with Crippen molar-refractivity contribution in [1.29, 1.82) is 0 Å². The van der Waals surface area contributed by atoms with Crippen LogP contribution in [0.25, 0.3) is 44.4 Å². The summed E-state index contributed by atoms with van der Waals surface area (Å²) in [5.41, 5.74) is 19.7. The lowest BCUT2D eigenvalue weighted by Gasteiger charge is -2.27. The van der Waals surface area contributed by atoms with E-state index in [1.807, 2.05) is 18.2 Å². The molecule has 9 rings (SSSR count). The van der Waals surface area contributed by atoms with Gasteiger partial charge in [0.1, 0.15) is 11.2 Å². The summed E-state index contributed by atoms with van der Waals surface area (Å²) in [5, 5.41) is 2.37. The zero-order valence-corrected chi connectivity index (χ0v) is 26.5. The van der Waals surface area contributed by atoms with Crippen LogP contribution in [-0.2, 0) is 5.41 Å². The van der Waals surface area contributed by atoms with Crippen LogP contribution in [0.15, 0.2) is 160 Å². The Balaban J connectivity index is 1.15. The smallest absolute Gasteiger partial charge is 0.143 e. The molecule has 224 valence electrons. The normalized spacial score (nSPS) is 16.7. The molecular weight excluding hydrogens is 571 g/mol. The van der Waals surface area contributed by atoms with Gasteiger partial charge in [-0.15, -0.1) is 5.73 Å². The molecule has 0 spiro atoms. The molecule has 6 aromatic rings. The van der Waals surface area contributed by atoms with Gasteiger partial charge in [0, 0.05) is 44.5 Å². The molecule has 0 radical (unpaired) electrons.